The zero-order valence-corrected chi connectivity index (χ0v) is 18.1. The molecule has 3 aromatic rings. The monoisotopic (exact) mass is 415 g/mol. The molecule has 2 heterocycles. The van der Waals surface area contributed by atoms with Crippen molar-refractivity contribution in [3.63, 3.8) is 0 Å². The Morgan fingerprint density at radius 1 is 1.10 bits per heavy atom. The number of rotatable bonds is 8. The normalized spacial score (nSPS) is 11.6. The Morgan fingerprint density at radius 2 is 1.83 bits per heavy atom. The molecule has 0 aliphatic heterocycles. The van der Waals surface area contributed by atoms with Crippen LogP contribution in [-0.2, 0) is 11.5 Å². The molecule has 0 spiro atoms. The Labute approximate surface area is 170 Å². The molecule has 0 fully saturated rings. The molecule has 0 saturated carbocycles. The molecule has 154 valence electrons. The van der Waals surface area contributed by atoms with Crippen LogP contribution in [0.25, 0.3) is 22.5 Å². The lowest BCUT2D eigenvalue weighted by Gasteiger charge is -2.16. The molecular weight excluding hydrogens is 389 g/mol. The second-order valence-corrected chi connectivity index (χ2v) is 13.6. The van der Waals surface area contributed by atoms with Gasteiger partial charge in [-0.15, -0.1) is 0 Å². The fourth-order valence-electron chi connectivity index (χ4n) is 2.83. The van der Waals surface area contributed by atoms with Crippen LogP contribution in [0.5, 0.6) is 11.5 Å². The number of ether oxygens (including phenoxy) is 2. The Kier molecular flexibility index (Phi) is 6.34. The molecule has 0 aliphatic rings. The summed E-state index contributed by atoms with van der Waals surface area (Å²) in [5.74, 6) is -0.661. The van der Waals surface area contributed by atoms with E-state index >= 15 is 0 Å². The maximum atomic E-state index is 13.8. The first-order chi connectivity index (χ1) is 13.8. The third-order valence-corrected chi connectivity index (χ3v) is 6.22. The molecule has 0 bridgehead atoms. The molecule has 29 heavy (non-hydrogen) atoms. The average molecular weight is 416 g/mol. The molecule has 3 rings (SSSR count). The third kappa shape index (κ3) is 5.21. The van der Waals surface area contributed by atoms with Crippen LogP contribution < -0.4 is 4.74 Å². The first-order valence-electron chi connectivity index (χ1n) is 9.42. The van der Waals surface area contributed by atoms with E-state index in [1.165, 1.54) is 6.07 Å². The summed E-state index contributed by atoms with van der Waals surface area (Å²) in [4.78, 5) is 3.87. The summed E-state index contributed by atoms with van der Waals surface area (Å²) < 4.78 is 26.7. The molecule has 1 N–H and O–H groups in total. The van der Waals surface area contributed by atoms with Crippen molar-refractivity contribution >= 4 is 8.07 Å². The molecule has 0 aliphatic carbocycles. The highest BCUT2D eigenvalue weighted by Gasteiger charge is 2.18. The van der Waals surface area contributed by atoms with Crippen molar-refractivity contribution in [2.75, 3.05) is 13.7 Å². The molecule has 0 atom stereocenters. The maximum Gasteiger partial charge on any atom is 0.255 e. The van der Waals surface area contributed by atoms with Crippen molar-refractivity contribution in [1.29, 1.82) is 0 Å². The number of pyridine rings is 1. The maximum absolute atomic E-state index is 13.8. The van der Waals surface area contributed by atoms with Crippen molar-refractivity contribution in [3.8, 4) is 34.0 Å². The van der Waals surface area contributed by atoms with Gasteiger partial charge in [-0.1, -0.05) is 19.6 Å². The fourth-order valence-corrected chi connectivity index (χ4v) is 3.59. The number of hydrogen-bond acceptors (Lipinski definition) is 5. The lowest BCUT2D eigenvalue weighted by atomic mass is 10.0. The van der Waals surface area contributed by atoms with Crippen LogP contribution in [0.4, 0.5) is 4.39 Å². The van der Waals surface area contributed by atoms with Crippen LogP contribution in [-0.4, -0.2) is 41.7 Å². The van der Waals surface area contributed by atoms with Crippen molar-refractivity contribution in [3.05, 3.63) is 48.5 Å². The number of aromatic nitrogens is 3. The third-order valence-electron chi connectivity index (χ3n) is 4.52. The van der Waals surface area contributed by atoms with E-state index in [0.717, 1.165) is 23.1 Å². The second-order valence-electron chi connectivity index (χ2n) is 7.99. The largest absolute Gasteiger partial charge is 0.504 e. The Bertz CT molecular complexity index is 968. The minimum absolute atomic E-state index is 0.284. The smallest absolute Gasteiger partial charge is 0.255 e. The quantitative estimate of drug-likeness (QED) is 0.326. The molecule has 8 heteroatoms. The Morgan fingerprint density at radius 3 is 2.45 bits per heavy atom. The number of methoxy groups -OCH3 is 1. The highest BCUT2D eigenvalue weighted by atomic mass is 28.3. The molecule has 0 amide bonds. The van der Waals surface area contributed by atoms with E-state index in [9.17, 15) is 9.50 Å². The predicted octanol–water partition coefficient (Wildman–Crippen LogP) is 4.78. The van der Waals surface area contributed by atoms with Gasteiger partial charge >= 0.3 is 0 Å². The minimum Gasteiger partial charge on any atom is -0.504 e. The van der Waals surface area contributed by atoms with Gasteiger partial charge in [0.1, 0.15) is 12.5 Å². The predicted molar refractivity (Wildman–Crippen MR) is 113 cm³/mol. The van der Waals surface area contributed by atoms with Gasteiger partial charge in [0.05, 0.1) is 24.7 Å². The molecular formula is C21H26FN3O3Si. The van der Waals surface area contributed by atoms with Gasteiger partial charge in [-0.3, -0.25) is 0 Å². The topological polar surface area (TPSA) is 69.4 Å². The van der Waals surface area contributed by atoms with Crippen LogP contribution in [0.1, 0.15) is 0 Å². The summed E-state index contributed by atoms with van der Waals surface area (Å²) in [6, 6.07) is 11.4. The van der Waals surface area contributed by atoms with Gasteiger partial charge in [-0.2, -0.15) is 9.49 Å². The number of nitrogens with zero attached hydrogens (tertiary/aromatic N) is 3. The second kappa shape index (κ2) is 8.75. The molecule has 6 nitrogen and oxygen atoms in total. The SMILES string of the molecule is COc1ccc(-c2c(-c3ccc(O)c(F)n3)cnn2COCC[Si](C)(C)C)cc1. The number of hydrogen-bond donors (Lipinski definition) is 1. The van der Waals surface area contributed by atoms with E-state index in [1.807, 2.05) is 24.3 Å². The van der Waals surface area contributed by atoms with Gasteiger partial charge in [0.2, 0.25) is 0 Å². The Balaban J connectivity index is 1.95. The van der Waals surface area contributed by atoms with E-state index in [0.29, 0.717) is 17.9 Å². The van der Waals surface area contributed by atoms with Crippen LogP contribution in [0, 0.1) is 5.95 Å². The fraction of sp³-hybridized carbons (Fsp3) is 0.333. The highest BCUT2D eigenvalue weighted by Crippen LogP contribution is 2.33. The van der Waals surface area contributed by atoms with Crippen molar-refractivity contribution in [2.45, 2.75) is 32.4 Å². The van der Waals surface area contributed by atoms with E-state index in [2.05, 4.69) is 29.7 Å². The number of aromatic hydroxyl groups is 1. The zero-order chi connectivity index (χ0) is 21.0. The van der Waals surface area contributed by atoms with Crippen molar-refractivity contribution in [1.82, 2.24) is 14.8 Å². The lowest BCUT2D eigenvalue weighted by Crippen LogP contribution is -2.22. The summed E-state index contributed by atoms with van der Waals surface area (Å²) in [6.45, 7) is 7.86. The first kappa shape index (κ1) is 21.0. The van der Waals surface area contributed by atoms with Crippen LogP contribution in [0.2, 0.25) is 25.7 Å². The van der Waals surface area contributed by atoms with Crippen LogP contribution in [0.3, 0.4) is 0 Å². The van der Waals surface area contributed by atoms with E-state index < -0.39 is 19.8 Å². The van der Waals surface area contributed by atoms with Gasteiger partial charge in [0.25, 0.3) is 5.95 Å². The highest BCUT2D eigenvalue weighted by molar-refractivity contribution is 6.76. The van der Waals surface area contributed by atoms with Crippen LogP contribution in [0.15, 0.2) is 42.6 Å². The standard InChI is InChI=1S/C21H26FN3O3Si/c1-27-16-7-5-15(6-8-16)20-17(18-9-10-19(26)21(22)24-18)13-23-25(20)14-28-11-12-29(2,3)4/h5-10,13,26H,11-12,14H2,1-4H3. The average Bonchev–Trinajstić information content (AvgIpc) is 3.10. The van der Waals surface area contributed by atoms with E-state index in [4.69, 9.17) is 9.47 Å². The van der Waals surface area contributed by atoms with E-state index in [-0.39, 0.29) is 6.73 Å². The summed E-state index contributed by atoms with van der Waals surface area (Å²) in [7, 11) is 0.425. The molecule has 0 unspecified atom stereocenters. The van der Waals surface area contributed by atoms with E-state index in [1.54, 1.807) is 24.1 Å². The van der Waals surface area contributed by atoms with Crippen molar-refractivity contribution in [2.24, 2.45) is 0 Å². The van der Waals surface area contributed by atoms with Crippen LogP contribution >= 0.6 is 0 Å². The van der Waals surface area contributed by atoms with Crippen molar-refractivity contribution < 1.29 is 19.0 Å². The minimum atomic E-state index is -1.19. The summed E-state index contributed by atoms with van der Waals surface area (Å²) in [6.07, 6.45) is 1.64. The molecule has 0 radical (unpaired) electrons. The summed E-state index contributed by atoms with van der Waals surface area (Å²) >= 11 is 0. The summed E-state index contributed by atoms with van der Waals surface area (Å²) in [5.41, 5.74) is 2.68. The van der Waals surface area contributed by atoms with Gasteiger partial charge in [0.15, 0.2) is 5.75 Å². The Hall–Kier alpha value is -2.71. The summed E-state index contributed by atoms with van der Waals surface area (Å²) in [5, 5.41) is 13.9. The van der Waals surface area contributed by atoms with Gasteiger partial charge < -0.3 is 14.6 Å². The first-order valence-corrected chi connectivity index (χ1v) is 13.1. The molecule has 2 aromatic heterocycles. The molecule has 0 saturated heterocycles. The lowest BCUT2D eigenvalue weighted by molar-refractivity contribution is 0.0798. The molecule has 1 aromatic carbocycles. The van der Waals surface area contributed by atoms with Gasteiger partial charge in [-0.25, -0.2) is 9.67 Å². The van der Waals surface area contributed by atoms with Gasteiger partial charge in [0, 0.05) is 25.8 Å². The number of benzene rings is 1. The zero-order valence-electron chi connectivity index (χ0n) is 17.1. The number of halogens is 1. The van der Waals surface area contributed by atoms with Gasteiger partial charge in [-0.05, 0) is 42.4 Å².